The maximum Gasteiger partial charge on any atom is 0.131 e. The molecule has 0 aliphatic rings. The highest BCUT2D eigenvalue weighted by molar-refractivity contribution is 5.13. The van der Waals surface area contributed by atoms with Gasteiger partial charge < -0.3 is 5.73 Å². The molecule has 2 N–H and O–H groups in total. The lowest BCUT2D eigenvalue weighted by atomic mass is 10.1. The summed E-state index contributed by atoms with van der Waals surface area (Å²) in [6.07, 6.45) is 2.91. The van der Waals surface area contributed by atoms with Crippen molar-refractivity contribution in [3.05, 3.63) is 23.3 Å². The summed E-state index contributed by atoms with van der Waals surface area (Å²) in [5.74, 6) is 1.39. The summed E-state index contributed by atoms with van der Waals surface area (Å²) >= 11 is 0. The van der Waals surface area contributed by atoms with Crippen molar-refractivity contribution in [2.75, 3.05) is 0 Å². The van der Waals surface area contributed by atoms with E-state index in [1.165, 1.54) is 0 Å². The summed E-state index contributed by atoms with van der Waals surface area (Å²) in [5, 5.41) is 0. The van der Waals surface area contributed by atoms with Gasteiger partial charge in [-0.1, -0.05) is 20.8 Å². The van der Waals surface area contributed by atoms with Gasteiger partial charge in [-0.05, 0) is 25.8 Å². The summed E-state index contributed by atoms with van der Waals surface area (Å²) in [6.45, 7) is 8.45. The highest BCUT2D eigenvalue weighted by Gasteiger charge is 2.10. The second kappa shape index (κ2) is 5.94. The molecule has 1 aromatic heterocycles. The quantitative estimate of drug-likeness (QED) is 0.831. The van der Waals surface area contributed by atoms with Gasteiger partial charge in [-0.15, -0.1) is 0 Å². The second-order valence-corrected chi connectivity index (χ2v) is 4.54. The van der Waals surface area contributed by atoms with Gasteiger partial charge in [0.1, 0.15) is 5.82 Å². The van der Waals surface area contributed by atoms with Crippen molar-refractivity contribution < 1.29 is 0 Å². The highest BCUT2D eigenvalue weighted by atomic mass is 14.9. The minimum atomic E-state index is 0.207. The molecule has 0 aliphatic heterocycles. The second-order valence-electron chi connectivity index (χ2n) is 4.54. The zero-order chi connectivity index (χ0) is 12.1. The van der Waals surface area contributed by atoms with E-state index in [1.54, 1.807) is 0 Å². The summed E-state index contributed by atoms with van der Waals surface area (Å²) in [7, 11) is 0. The predicted octanol–water partition coefficient (Wildman–Crippen LogP) is 2.58. The van der Waals surface area contributed by atoms with E-state index in [0.717, 1.165) is 36.5 Å². The van der Waals surface area contributed by atoms with Gasteiger partial charge in [-0.2, -0.15) is 0 Å². The number of hydrogen-bond acceptors (Lipinski definition) is 3. The maximum absolute atomic E-state index is 5.95. The lowest BCUT2D eigenvalue weighted by molar-refractivity contribution is 0.617. The normalized spacial score (nSPS) is 14.8. The first-order valence-corrected chi connectivity index (χ1v) is 6.16. The number of nitrogens with zero attached hydrogens (tertiary/aromatic N) is 2. The molecule has 0 fully saturated rings. The van der Waals surface area contributed by atoms with Crippen molar-refractivity contribution in [3.8, 4) is 0 Å². The zero-order valence-corrected chi connectivity index (χ0v) is 10.8. The molecule has 2 unspecified atom stereocenters. The van der Waals surface area contributed by atoms with Crippen molar-refractivity contribution in [1.82, 2.24) is 9.97 Å². The Morgan fingerprint density at radius 2 is 1.94 bits per heavy atom. The number of hydrogen-bond donors (Lipinski definition) is 1. The van der Waals surface area contributed by atoms with E-state index in [4.69, 9.17) is 5.73 Å². The molecular weight excluding hydrogens is 198 g/mol. The van der Waals surface area contributed by atoms with Gasteiger partial charge in [0.25, 0.3) is 0 Å². The molecule has 0 saturated heterocycles. The number of rotatable bonds is 5. The summed E-state index contributed by atoms with van der Waals surface area (Å²) in [4.78, 5) is 9.09. The Hall–Kier alpha value is -0.960. The van der Waals surface area contributed by atoms with Gasteiger partial charge in [-0.25, -0.2) is 9.97 Å². The average Bonchev–Trinajstić information content (AvgIpc) is 2.27. The SMILES string of the molecule is CCC(N)Cc1cc(C)nc(C(C)CC)n1. The van der Waals surface area contributed by atoms with Crippen LogP contribution in [0.25, 0.3) is 0 Å². The molecule has 0 radical (unpaired) electrons. The fourth-order valence-corrected chi connectivity index (χ4v) is 1.58. The Kier molecular flexibility index (Phi) is 4.87. The number of nitrogens with two attached hydrogens (primary N) is 1. The molecule has 3 nitrogen and oxygen atoms in total. The Balaban J connectivity index is 2.89. The molecule has 0 bridgehead atoms. The van der Waals surface area contributed by atoms with Crippen LogP contribution in [0.3, 0.4) is 0 Å². The Bertz CT molecular complexity index is 336. The zero-order valence-electron chi connectivity index (χ0n) is 10.8. The number of aromatic nitrogens is 2. The minimum Gasteiger partial charge on any atom is -0.327 e. The Labute approximate surface area is 98.5 Å². The number of aryl methyl sites for hydroxylation is 1. The molecule has 3 heteroatoms. The topological polar surface area (TPSA) is 51.8 Å². The first kappa shape index (κ1) is 13.1. The Morgan fingerprint density at radius 3 is 2.50 bits per heavy atom. The monoisotopic (exact) mass is 221 g/mol. The van der Waals surface area contributed by atoms with E-state index in [0.29, 0.717) is 5.92 Å². The predicted molar refractivity (Wildman–Crippen MR) is 67.4 cm³/mol. The average molecular weight is 221 g/mol. The van der Waals surface area contributed by atoms with Gasteiger partial charge in [0.2, 0.25) is 0 Å². The third kappa shape index (κ3) is 3.56. The maximum atomic E-state index is 5.95. The lowest BCUT2D eigenvalue weighted by Gasteiger charge is -2.12. The van der Waals surface area contributed by atoms with Gasteiger partial charge >= 0.3 is 0 Å². The Morgan fingerprint density at radius 1 is 1.25 bits per heavy atom. The molecule has 1 aromatic rings. The van der Waals surface area contributed by atoms with Crippen molar-refractivity contribution in [2.45, 2.75) is 58.9 Å². The molecule has 1 heterocycles. The van der Waals surface area contributed by atoms with Crippen LogP contribution in [0.1, 0.15) is 56.7 Å². The van der Waals surface area contributed by atoms with E-state index in [-0.39, 0.29) is 6.04 Å². The van der Waals surface area contributed by atoms with Gasteiger partial charge in [0.15, 0.2) is 0 Å². The third-order valence-electron chi connectivity index (χ3n) is 2.97. The van der Waals surface area contributed by atoms with Gasteiger partial charge in [-0.3, -0.25) is 0 Å². The molecule has 1 rings (SSSR count). The summed E-state index contributed by atoms with van der Waals surface area (Å²) in [5.41, 5.74) is 8.08. The summed E-state index contributed by atoms with van der Waals surface area (Å²) in [6, 6.07) is 2.25. The lowest BCUT2D eigenvalue weighted by Crippen LogP contribution is -2.22. The van der Waals surface area contributed by atoms with Crippen molar-refractivity contribution in [2.24, 2.45) is 5.73 Å². The van der Waals surface area contributed by atoms with Crippen LogP contribution in [0, 0.1) is 6.92 Å². The molecule has 0 aromatic carbocycles. The van der Waals surface area contributed by atoms with E-state index in [9.17, 15) is 0 Å². The fraction of sp³-hybridized carbons (Fsp3) is 0.692. The van der Waals surface area contributed by atoms with Crippen LogP contribution in [-0.2, 0) is 6.42 Å². The summed E-state index contributed by atoms with van der Waals surface area (Å²) < 4.78 is 0. The van der Waals surface area contributed by atoms with Gasteiger partial charge in [0.05, 0.1) is 0 Å². The van der Waals surface area contributed by atoms with Crippen LogP contribution in [0.4, 0.5) is 0 Å². The fourth-order valence-electron chi connectivity index (χ4n) is 1.58. The van der Waals surface area contributed by atoms with E-state index >= 15 is 0 Å². The third-order valence-corrected chi connectivity index (χ3v) is 2.97. The molecule has 0 aliphatic carbocycles. The standard InChI is InChI=1S/C13H23N3/c1-5-9(3)13-15-10(4)7-12(16-13)8-11(14)6-2/h7,9,11H,5-6,8,14H2,1-4H3. The van der Waals surface area contributed by atoms with Crippen LogP contribution >= 0.6 is 0 Å². The smallest absolute Gasteiger partial charge is 0.131 e. The van der Waals surface area contributed by atoms with E-state index < -0.39 is 0 Å². The van der Waals surface area contributed by atoms with Crippen LogP contribution in [0.2, 0.25) is 0 Å². The molecule has 16 heavy (non-hydrogen) atoms. The minimum absolute atomic E-state index is 0.207. The van der Waals surface area contributed by atoms with Crippen molar-refractivity contribution in [3.63, 3.8) is 0 Å². The molecule has 0 saturated carbocycles. The first-order chi connectivity index (χ1) is 7.56. The van der Waals surface area contributed by atoms with Crippen LogP contribution in [-0.4, -0.2) is 16.0 Å². The van der Waals surface area contributed by atoms with E-state index in [1.807, 2.05) is 13.0 Å². The highest BCUT2D eigenvalue weighted by Crippen LogP contribution is 2.15. The van der Waals surface area contributed by atoms with Crippen molar-refractivity contribution in [1.29, 1.82) is 0 Å². The van der Waals surface area contributed by atoms with Gasteiger partial charge in [0, 0.05) is 29.8 Å². The van der Waals surface area contributed by atoms with Crippen molar-refractivity contribution >= 4 is 0 Å². The largest absolute Gasteiger partial charge is 0.327 e. The molecule has 2 atom stereocenters. The van der Waals surface area contributed by atoms with Crippen LogP contribution < -0.4 is 5.73 Å². The molecule has 90 valence electrons. The van der Waals surface area contributed by atoms with Crippen LogP contribution in [0.15, 0.2) is 6.07 Å². The first-order valence-electron chi connectivity index (χ1n) is 6.16. The van der Waals surface area contributed by atoms with E-state index in [2.05, 4.69) is 30.7 Å². The molecule has 0 spiro atoms. The molecule has 0 amide bonds. The van der Waals surface area contributed by atoms with Crippen LogP contribution in [0.5, 0.6) is 0 Å². The molecular formula is C13H23N3.